The molecular weight excluding hydrogens is 322 g/mol. The third kappa shape index (κ3) is 4.52. The number of hydrogen-bond acceptors (Lipinski definition) is 3. The van der Waals surface area contributed by atoms with E-state index in [4.69, 9.17) is 9.84 Å². The number of ether oxygens (including phenoxy) is 1. The standard InChI is InChI=1S/C22H27N3O/c1-4-26-21-12-10-19(11-13-21)14-23-15-22-17(2)24-25(18(22)3)16-20-8-6-5-7-9-20/h5-13,23H,4,14-16H2,1-3H3. The topological polar surface area (TPSA) is 39.1 Å². The van der Waals surface area contributed by atoms with Crippen molar-refractivity contribution in [1.82, 2.24) is 15.1 Å². The van der Waals surface area contributed by atoms with E-state index in [1.54, 1.807) is 0 Å². The molecule has 1 aromatic heterocycles. The number of rotatable bonds is 8. The van der Waals surface area contributed by atoms with E-state index in [2.05, 4.69) is 60.2 Å². The van der Waals surface area contributed by atoms with Crippen LogP contribution in [0.5, 0.6) is 5.75 Å². The van der Waals surface area contributed by atoms with Crippen molar-refractivity contribution in [2.24, 2.45) is 0 Å². The van der Waals surface area contributed by atoms with Crippen LogP contribution in [-0.2, 0) is 19.6 Å². The van der Waals surface area contributed by atoms with Crippen LogP contribution in [0.25, 0.3) is 0 Å². The van der Waals surface area contributed by atoms with E-state index in [1.165, 1.54) is 22.4 Å². The minimum absolute atomic E-state index is 0.698. The van der Waals surface area contributed by atoms with Gasteiger partial charge >= 0.3 is 0 Å². The van der Waals surface area contributed by atoms with Gasteiger partial charge in [-0.2, -0.15) is 5.10 Å². The van der Waals surface area contributed by atoms with E-state index in [0.29, 0.717) is 6.61 Å². The summed E-state index contributed by atoms with van der Waals surface area (Å²) in [6.45, 7) is 9.39. The Kier molecular flexibility index (Phi) is 6.08. The minimum Gasteiger partial charge on any atom is -0.494 e. The van der Waals surface area contributed by atoms with Gasteiger partial charge in [0, 0.05) is 24.3 Å². The van der Waals surface area contributed by atoms with Gasteiger partial charge in [0.15, 0.2) is 0 Å². The Bertz CT molecular complexity index is 823. The zero-order chi connectivity index (χ0) is 18.4. The number of benzene rings is 2. The molecule has 3 aromatic rings. The quantitative estimate of drug-likeness (QED) is 0.661. The van der Waals surface area contributed by atoms with Crippen molar-refractivity contribution in [2.75, 3.05) is 6.61 Å². The molecule has 0 atom stereocenters. The number of nitrogens with one attached hydrogen (secondary N) is 1. The van der Waals surface area contributed by atoms with Crippen molar-refractivity contribution in [3.05, 3.63) is 82.7 Å². The molecule has 0 fully saturated rings. The molecule has 0 amide bonds. The summed E-state index contributed by atoms with van der Waals surface area (Å²) in [5, 5.41) is 8.26. The predicted molar refractivity (Wildman–Crippen MR) is 105 cm³/mol. The highest BCUT2D eigenvalue weighted by Gasteiger charge is 2.11. The van der Waals surface area contributed by atoms with Crippen molar-refractivity contribution < 1.29 is 4.74 Å². The molecule has 0 bridgehead atoms. The van der Waals surface area contributed by atoms with Gasteiger partial charge in [0.25, 0.3) is 0 Å². The number of nitrogens with zero attached hydrogens (tertiary/aromatic N) is 2. The van der Waals surface area contributed by atoms with Gasteiger partial charge in [0.2, 0.25) is 0 Å². The third-order valence-corrected chi connectivity index (χ3v) is 4.57. The smallest absolute Gasteiger partial charge is 0.119 e. The van der Waals surface area contributed by atoms with E-state index >= 15 is 0 Å². The molecule has 0 aliphatic heterocycles. The van der Waals surface area contributed by atoms with Crippen molar-refractivity contribution in [3.63, 3.8) is 0 Å². The molecule has 0 saturated heterocycles. The SMILES string of the molecule is CCOc1ccc(CNCc2c(C)nn(Cc3ccccc3)c2C)cc1. The zero-order valence-electron chi connectivity index (χ0n) is 15.8. The minimum atomic E-state index is 0.698. The first-order chi connectivity index (χ1) is 12.7. The molecule has 1 N–H and O–H groups in total. The highest BCUT2D eigenvalue weighted by Crippen LogP contribution is 2.16. The second-order valence-corrected chi connectivity index (χ2v) is 6.47. The molecule has 4 heteroatoms. The molecule has 136 valence electrons. The van der Waals surface area contributed by atoms with Crippen LogP contribution in [0.4, 0.5) is 0 Å². The molecule has 2 aromatic carbocycles. The Labute approximate surface area is 155 Å². The molecule has 0 saturated carbocycles. The molecule has 0 radical (unpaired) electrons. The lowest BCUT2D eigenvalue weighted by molar-refractivity contribution is 0.340. The maximum atomic E-state index is 5.49. The Morgan fingerprint density at radius 1 is 0.923 bits per heavy atom. The van der Waals surface area contributed by atoms with E-state index in [-0.39, 0.29) is 0 Å². The number of hydrogen-bond donors (Lipinski definition) is 1. The Morgan fingerprint density at radius 2 is 1.65 bits per heavy atom. The van der Waals surface area contributed by atoms with Crippen molar-refractivity contribution in [3.8, 4) is 5.75 Å². The summed E-state index contributed by atoms with van der Waals surface area (Å²) in [4.78, 5) is 0. The average Bonchev–Trinajstić information content (AvgIpc) is 2.91. The van der Waals surface area contributed by atoms with Gasteiger partial charge in [-0.1, -0.05) is 42.5 Å². The summed E-state index contributed by atoms with van der Waals surface area (Å²) >= 11 is 0. The van der Waals surface area contributed by atoms with E-state index < -0.39 is 0 Å². The summed E-state index contributed by atoms with van der Waals surface area (Å²) in [6.07, 6.45) is 0. The fourth-order valence-corrected chi connectivity index (χ4v) is 3.10. The Morgan fingerprint density at radius 3 is 2.35 bits per heavy atom. The van der Waals surface area contributed by atoms with Gasteiger partial charge in [-0.15, -0.1) is 0 Å². The van der Waals surface area contributed by atoms with Crippen LogP contribution >= 0.6 is 0 Å². The van der Waals surface area contributed by atoms with Crippen LogP contribution in [-0.4, -0.2) is 16.4 Å². The summed E-state index contributed by atoms with van der Waals surface area (Å²) in [6, 6.07) is 18.7. The lowest BCUT2D eigenvalue weighted by Crippen LogP contribution is -2.14. The third-order valence-electron chi connectivity index (χ3n) is 4.57. The summed E-state index contributed by atoms with van der Waals surface area (Å²) in [5.74, 6) is 0.921. The molecular formula is C22H27N3O. The van der Waals surface area contributed by atoms with Crippen molar-refractivity contribution >= 4 is 0 Å². The van der Waals surface area contributed by atoms with E-state index in [0.717, 1.165) is 31.1 Å². The van der Waals surface area contributed by atoms with Crippen LogP contribution in [0.2, 0.25) is 0 Å². The molecule has 3 rings (SSSR count). The van der Waals surface area contributed by atoms with Gasteiger partial charge in [-0.3, -0.25) is 4.68 Å². The maximum absolute atomic E-state index is 5.49. The number of aromatic nitrogens is 2. The molecule has 0 aliphatic carbocycles. The molecule has 0 spiro atoms. The van der Waals surface area contributed by atoms with Crippen LogP contribution in [0.15, 0.2) is 54.6 Å². The first kappa shape index (κ1) is 18.2. The average molecular weight is 349 g/mol. The number of aryl methyl sites for hydroxylation is 1. The highest BCUT2D eigenvalue weighted by atomic mass is 16.5. The summed E-state index contributed by atoms with van der Waals surface area (Å²) in [7, 11) is 0. The van der Waals surface area contributed by atoms with Gasteiger partial charge < -0.3 is 10.1 Å². The maximum Gasteiger partial charge on any atom is 0.119 e. The molecule has 0 unspecified atom stereocenters. The predicted octanol–water partition coefficient (Wildman–Crippen LogP) is 4.24. The molecule has 1 heterocycles. The summed E-state index contributed by atoms with van der Waals surface area (Å²) < 4.78 is 7.58. The van der Waals surface area contributed by atoms with Gasteiger partial charge in [-0.05, 0) is 44.0 Å². The molecule has 4 nitrogen and oxygen atoms in total. The second kappa shape index (κ2) is 8.68. The summed E-state index contributed by atoms with van der Waals surface area (Å²) in [5.41, 5.74) is 6.13. The van der Waals surface area contributed by atoms with Crippen LogP contribution in [0, 0.1) is 13.8 Å². The molecule has 0 aliphatic rings. The Hall–Kier alpha value is -2.59. The van der Waals surface area contributed by atoms with Gasteiger partial charge in [0.1, 0.15) is 5.75 Å². The second-order valence-electron chi connectivity index (χ2n) is 6.47. The van der Waals surface area contributed by atoms with Crippen LogP contribution in [0.1, 0.15) is 35.0 Å². The van der Waals surface area contributed by atoms with Crippen molar-refractivity contribution in [1.29, 1.82) is 0 Å². The fourth-order valence-electron chi connectivity index (χ4n) is 3.10. The molecule has 26 heavy (non-hydrogen) atoms. The first-order valence-electron chi connectivity index (χ1n) is 9.16. The monoisotopic (exact) mass is 349 g/mol. The van der Waals surface area contributed by atoms with E-state index in [9.17, 15) is 0 Å². The lowest BCUT2D eigenvalue weighted by Gasteiger charge is -2.08. The lowest BCUT2D eigenvalue weighted by atomic mass is 10.1. The first-order valence-corrected chi connectivity index (χ1v) is 9.16. The van der Waals surface area contributed by atoms with Crippen molar-refractivity contribution in [2.45, 2.75) is 40.4 Å². The van der Waals surface area contributed by atoms with Crippen LogP contribution in [0.3, 0.4) is 0 Å². The van der Waals surface area contributed by atoms with Crippen LogP contribution < -0.4 is 10.1 Å². The fraction of sp³-hybridized carbons (Fsp3) is 0.318. The van der Waals surface area contributed by atoms with E-state index in [1.807, 2.05) is 25.1 Å². The van der Waals surface area contributed by atoms with Gasteiger partial charge in [-0.25, -0.2) is 0 Å². The normalized spacial score (nSPS) is 10.9. The zero-order valence-corrected chi connectivity index (χ0v) is 15.8. The Balaban J connectivity index is 1.59. The highest BCUT2D eigenvalue weighted by molar-refractivity contribution is 5.28. The van der Waals surface area contributed by atoms with Gasteiger partial charge in [0.05, 0.1) is 18.8 Å². The largest absolute Gasteiger partial charge is 0.494 e.